The Balaban J connectivity index is 2.97. The maximum absolute atomic E-state index is 5.49. The monoisotopic (exact) mass is 114 g/mol. The van der Waals surface area contributed by atoms with E-state index in [9.17, 15) is 0 Å². The van der Waals surface area contributed by atoms with Crippen LogP contribution in [0.5, 0.6) is 0 Å². The van der Waals surface area contributed by atoms with Crippen molar-refractivity contribution in [3.8, 4) is 0 Å². The van der Waals surface area contributed by atoms with Gasteiger partial charge in [0.15, 0.2) is 0 Å². The minimum Gasteiger partial charge on any atom is -0.329 e. The summed E-state index contributed by atoms with van der Waals surface area (Å²) in [5.74, 6) is 0. The molecule has 0 aliphatic carbocycles. The fraction of sp³-hybridized carbons (Fsp3) is 0.667. The molecule has 0 aliphatic rings. The minimum absolute atomic E-state index is 0.160. The van der Waals surface area contributed by atoms with Gasteiger partial charge in [-0.05, 0) is 12.8 Å². The van der Waals surface area contributed by atoms with Crippen molar-refractivity contribution in [3.05, 3.63) is 12.7 Å². The van der Waals surface area contributed by atoms with Crippen LogP contribution in [0.1, 0.15) is 12.8 Å². The van der Waals surface area contributed by atoms with Gasteiger partial charge in [-0.25, -0.2) is 0 Å². The van der Waals surface area contributed by atoms with Crippen LogP contribution in [-0.2, 0) is 0 Å². The molecule has 4 N–H and O–H groups in total. The zero-order valence-electron chi connectivity index (χ0n) is 5.14. The van der Waals surface area contributed by atoms with E-state index in [1.807, 2.05) is 6.08 Å². The summed E-state index contributed by atoms with van der Waals surface area (Å²) in [5.41, 5.74) is 10.7. The summed E-state index contributed by atoms with van der Waals surface area (Å²) in [4.78, 5) is 0. The van der Waals surface area contributed by atoms with E-state index in [4.69, 9.17) is 11.5 Å². The van der Waals surface area contributed by atoms with Crippen LogP contribution in [0.15, 0.2) is 12.7 Å². The smallest absolute Gasteiger partial charge is 0.0165 e. The highest BCUT2D eigenvalue weighted by Crippen LogP contribution is 1.91. The summed E-state index contributed by atoms with van der Waals surface area (Å²) in [5, 5.41) is 0. The second kappa shape index (κ2) is 4.81. The van der Waals surface area contributed by atoms with E-state index in [1.54, 1.807) is 0 Å². The normalized spacial score (nSPS) is 13.2. The summed E-state index contributed by atoms with van der Waals surface area (Å²) in [6, 6.07) is 0.160. The average molecular weight is 114 g/mol. The molecule has 0 saturated heterocycles. The van der Waals surface area contributed by atoms with Crippen LogP contribution >= 0.6 is 0 Å². The predicted molar refractivity (Wildman–Crippen MR) is 36.5 cm³/mol. The highest BCUT2D eigenvalue weighted by Gasteiger charge is 1.94. The molecule has 2 heteroatoms. The Hall–Kier alpha value is -0.340. The first-order valence-electron chi connectivity index (χ1n) is 2.87. The van der Waals surface area contributed by atoms with E-state index in [1.165, 1.54) is 0 Å². The van der Waals surface area contributed by atoms with Gasteiger partial charge in [-0.15, -0.1) is 6.58 Å². The molecular weight excluding hydrogens is 100 g/mol. The molecule has 0 spiro atoms. The van der Waals surface area contributed by atoms with E-state index in [0.29, 0.717) is 6.54 Å². The first kappa shape index (κ1) is 7.66. The molecule has 0 fully saturated rings. The number of nitrogens with two attached hydrogens (primary N) is 2. The third-order valence-corrected chi connectivity index (χ3v) is 1.04. The van der Waals surface area contributed by atoms with Gasteiger partial charge in [0.05, 0.1) is 0 Å². The van der Waals surface area contributed by atoms with E-state index in [-0.39, 0.29) is 6.04 Å². The van der Waals surface area contributed by atoms with Gasteiger partial charge in [-0.3, -0.25) is 0 Å². The van der Waals surface area contributed by atoms with E-state index in [2.05, 4.69) is 6.58 Å². The molecule has 0 heterocycles. The second-order valence-electron chi connectivity index (χ2n) is 1.86. The third kappa shape index (κ3) is 3.84. The lowest BCUT2D eigenvalue weighted by molar-refractivity contribution is 0.630. The Morgan fingerprint density at radius 2 is 2.25 bits per heavy atom. The predicted octanol–water partition coefficient (Wildman–Crippen LogP) is 0.239. The largest absolute Gasteiger partial charge is 0.329 e. The van der Waals surface area contributed by atoms with E-state index in [0.717, 1.165) is 12.8 Å². The average Bonchev–Trinajstić information content (AvgIpc) is 1.83. The van der Waals surface area contributed by atoms with Crippen molar-refractivity contribution in [1.82, 2.24) is 0 Å². The lowest BCUT2D eigenvalue weighted by Crippen LogP contribution is -2.29. The molecule has 0 saturated carbocycles. The van der Waals surface area contributed by atoms with Gasteiger partial charge in [-0.1, -0.05) is 6.08 Å². The molecule has 8 heavy (non-hydrogen) atoms. The number of allylic oxidation sites excluding steroid dienone is 1. The number of hydrogen-bond acceptors (Lipinski definition) is 2. The zero-order chi connectivity index (χ0) is 6.41. The zero-order valence-corrected chi connectivity index (χ0v) is 5.14. The molecule has 0 aromatic rings. The Morgan fingerprint density at radius 1 is 1.62 bits per heavy atom. The highest BCUT2D eigenvalue weighted by atomic mass is 14.7. The van der Waals surface area contributed by atoms with Crippen molar-refractivity contribution < 1.29 is 0 Å². The summed E-state index contributed by atoms with van der Waals surface area (Å²) in [6.07, 6.45) is 3.79. The molecule has 0 radical (unpaired) electrons. The molecule has 0 amide bonds. The van der Waals surface area contributed by atoms with Gasteiger partial charge in [0.1, 0.15) is 0 Å². The lowest BCUT2D eigenvalue weighted by atomic mass is 10.2. The van der Waals surface area contributed by atoms with Gasteiger partial charge < -0.3 is 11.5 Å². The molecule has 1 unspecified atom stereocenters. The van der Waals surface area contributed by atoms with Gasteiger partial charge >= 0.3 is 0 Å². The Bertz CT molecular complexity index is 61.5. The SMILES string of the molecule is C=CCCC(N)CN. The van der Waals surface area contributed by atoms with Crippen LogP contribution in [-0.4, -0.2) is 12.6 Å². The summed E-state index contributed by atoms with van der Waals surface area (Å²) < 4.78 is 0. The molecule has 0 bridgehead atoms. The van der Waals surface area contributed by atoms with Crippen LogP contribution in [0.3, 0.4) is 0 Å². The molecule has 2 nitrogen and oxygen atoms in total. The number of rotatable bonds is 4. The van der Waals surface area contributed by atoms with Crippen LogP contribution in [0.4, 0.5) is 0 Å². The topological polar surface area (TPSA) is 52.0 Å². The minimum atomic E-state index is 0.160. The van der Waals surface area contributed by atoms with Crippen LogP contribution < -0.4 is 11.5 Å². The van der Waals surface area contributed by atoms with Crippen LogP contribution in [0.25, 0.3) is 0 Å². The molecule has 0 aromatic heterocycles. The molecule has 0 aromatic carbocycles. The van der Waals surface area contributed by atoms with Gasteiger partial charge in [0.25, 0.3) is 0 Å². The molecule has 0 aliphatic heterocycles. The van der Waals surface area contributed by atoms with Gasteiger partial charge in [0.2, 0.25) is 0 Å². The number of hydrogen-bond donors (Lipinski definition) is 2. The van der Waals surface area contributed by atoms with Crippen LogP contribution in [0, 0.1) is 0 Å². The second-order valence-corrected chi connectivity index (χ2v) is 1.86. The maximum Gasteiger partial charge on any atom is 0.0165 e. The van der Waals surface area contributed by atoms with Crippen molar-refractivity contribution in [3.63, 3.8) is 0 Å². The molecule has 48 valence electrons. The quantitative estimate of drug-likeness (QED) is 0.514. The first-order valence-corrected chi connectivity index (χ1v) is 2.87. The van der Waals surface area contributed by atoms with E-state index < -0.39 is 0 Å². The highest BCUT2D eigenvalue weighted by molar-refractivity contribution is 4.71. The van der Waals surface area contributed by atoms with Crippen molar-refractivity contribution >= 4 is 0 Å². The van der Waals surface area contributed by atoms with Gasteiger partial charge in [-0.2, -0.15) is 0 Å². The van der Waals surface area contributed by atoms with Crippen molar-refractivity contribution in [1.29, 1.82) is 0 Å². The lowest BCUT2D eigenvalue weighted by Gasteiger charge is -2.03. The Morgan fingerprint density at radius 3 is 2.62 bits per heavy atom. The summed E-state index contributed by atoms with van der Waals surface area (Å²) in [7, 11) is 0. The molecule has 1 atom stereocenters. The summed E-state index contributed by atoms with van der Waals surface area (Å²) in [6.45, 7) is 4.15. The standard InChI is InChI=1S/C6H14N2/c1-2-3-4-6(8)5-7/h2,6H,1,3-5,7-8H2. The fourth-order valence-electron chi connectivity index (χ4n) is 0.450. The Kier molecular flexibility index (Phi) is 4.61. The molecular formula is C6H14N2. The van der Waals surface area contributed by atoms with Crippen molar-refractivity contribution in [2.24, 2.45) is 11.5 Å². The molecule has 0 rings (SSSR count). The van der Waals surface area contributed by atoms with Crippen molar-refractivity contribution in [2.45, 2.75) is 18.9 Å². The Labute approximate surface area is 50.6 Å². The van der Waals surface area contributed by atoms with Crippen molar-refractivity contribution in [2.75, 3.05) is 6.54 Å². The fourth-order valence-corrected chi connectivity index (χ4v) is 0.450. The summed E-state index contributed by atoms with van der Waals surface area (Å²) >= 11 is 0. The maximum atomic E-state index is 5.49. The van der Waals surface area contributed by atoms with Gasteiger partial charge in [0, 0.05) is 12.6 Å². The van der Waals surface area contributed by atoms with Crippen LogP contribution in [0.2, 0.25) is 0 Å². The van der Waals surface area contributed by atoms with E-state index >= 15 is 0 Å². The first-order chi connectivity index (χ1) is 3.81. The third-order valence-electron chi connectivity index (χ3n) is 1.04.